The number of nitrogens with two attached hydrogens (primary N) is 1. The third-order valence-electron chi connectivity index (χ3n) is 6.71. The lowest BCUT2D eigenvalue weighted by Crippen LogP contribution is -2.33. The summed E-state index contributed by atoms with van der Waals surface area (Å²) in [6.07, 6.45) is 1.24. The number of aromatic nitrogens is 1. The quantitative estimate of drug-likeness (QED) is 0.296. The van der Waals surface area contributed by atoms with E-state index in [1.54, 1.807) is 36.4 Å². The van der Waals surface area contributed by atoms with Crippen LogP contribution in [-0.4, -0.2) is 22.7 Å². The Morgan fingerprint density at radius 1 is 0.975 bits per heavy atom. The lowest BCUT2D eigenvalue weighted by atomic mass is 9.93. The number of pyridine rings is 1. The fourth-order valence-corrected chi connectivity index (χ4v) is 4.92. The van der Waals surface area contributed by atoms with Crippen LogP contribution in [0.2, 0.25) is 0 Å². The third kappa shape index (κ3) is 5.56. The second kappa shape index (κ2) is 11.0. The first-order valence-electron chi connectivity index (χ1n) is 12.4. The fourth-order valence-electron chi connectivity index (χ4n) is 4.92. The highest BCUT2D eigenvalue weighted by molar-refractivity contribution is 6.05. The van der Waals surface area contributed by atoms with Gasteiger partial charge in [-0.15, -0.1) is 0 Å². The predicted octanol–water partition coefficient (Wildman–Crippen LogP) is 4.79. The van der Waals surface area contributed by atoms with Crippen molar-refractivity contribution in [1.82, 2.24) is 10.3 Å². The van der Waals surface area contributed by atoms with Crippen LogP contribution in [0, 0.1) is 17.5 Å². The number of rotatable bonds is 8. The SMILES string of the molecule is NC(=O)c1cc(-c2cccnc2C(Cc2cc(F)cc(F)c2)NC(=O)CC2C(=O)Nc3ccccc32)ccc1F. The van der Waals surface area contributed by atoms with E-state index in [0.717, 1.165) is 24.3 Å². The van der Waals surface area contributed by atoms with Gasteiger partial charge in [0.15, 0.2) is 0 Å². The van der Waals surface area contributed by atoms with E-state index in [-0.39, 0.29) is 29.9 Å². The van der Waals surface area contributed by atoms with E-state index in [4.69, 9.17) is 5.73 Å². The zero-order valence-electron chi connectivity index (χ0n) is 21.0. The summed E-state index contributed by atoms with van der Waals surface area (Å²) in [7, 11) is 0. The molecular weight excluding hydrogens is 521 g/mol. The molecule has 0 aliphatic carbocycles. The first kappa shape index (κ1) is 26.6. The molecule has 0 saturated heterocycles. The molecule has 40 heavy (non-hydrogen) atoms. The monoisotopic (exact) mass is 544 g/mol. The first-order valence-corrected chi connectivity index (χ1v) is 12.4. The van der Waals surface area contributed by atoms with E-state index in [2.05, 4.69) is 15.6 Å². The van der Waals surface area contributed by atoms with Crippen LogP contribution < -0.4 is 16.4 Å². The van der Waals surface area contributed by atoms with Crippen LogP contribution in [0.5, 0.6) is 0 Å². The maximum absolute atomic E-state index is 14.2. The number of nitrogens with zero attached hydrogens (tertiary/aromatic N) is 1. The molecule has 1 aliphatic rings. The van der Waals surface area contributed by atoms with Gasteiger partial charge in [-0.1, -0.05) is 30.3 Å². The molecule has 7 nitrogen and oxygen atoms in total. The molecule has 0 saturated carbocycles. The zero-order valence-corrected chi connectivity index (χ0v) is 21.0. The number of halogens is 3. The Labute approximate surface area is 227 Å². The Balaban J connectivity index is 1.51. The van der Waals surface area contributed by atoms with Crippen molar-refractivity contribution in [3.8, 4) is 11.1 Å². The summed E-state index contributed by atoms with van der Waals surface area (Å²) in [5.41, 5.74) is 7.71. The second-order valence-electron chi connectivity index (χ2n) is 9.43. The molecule has 10 heteroatoms. The Kier molecular flexibility index (Phi) is 7.33. The minimum atomic E-state index is -0.958. The number of hydrogen-bond acceptors (Lipinski definition) is 4. The standard InChI is InChI=1S/C30H23F3N4O3/c31-18-10-16(11-19(32)14-18)12-26(36-27(38)15-22-21-4-1-2-6-25(21)37-30(22)40)28-20(5-3-9-35-28)17-7-8-24(33)23(13-17)29(34)39/h1-11,13-14,22,26H,12,15H2,(H2,34,39)(H,36,38)(H,37,40). The van der Waals surface area contributed by atoms with E-state index in [9.17, 15) is 27.6 Å². The number of hydrogen-bond donors (Lipinski definition) is 3. The van der Waals surface area contributed by atoms with E-state index in [1.807, 2.05) is 0 Å². The minimum absolute atomic E-state index is 0.0538. The van der Waals surface area contributed by atoms with Gasteiger partial charge in [0.05, 0.1) is 23.2 Å². The number of amides is 3. The molecule has 3 aromatic carbocycles. The topological polar surface area (TPSA) is 114 Å². The molecule has 4 N–H and O–H groups in total. The smallest absolute Gasteiger partial charge is 0.251 e. The van der Waals surface area contributed by atoms with E-state index in [0.29, 0.717) is 28.1 Å². The van der Waals surface area contributed by atoms with Gasteiger partial charge in [-0.05, 0) is 59.5 Å². The van der Waals surface area contributed by atoms with Crippen LogP contribution in [-0.2, 0) is 16.0 Å². The summed E-state index contributed by atoms with van der Waals surface area (Å²) < 4.78 is 42.3. The van der Waals surface area contributed by atoms with Gasteiger partial charge in [-0.25, -0.2) is 13.2 Å². The van der Waals surface area contributed by atoms with Crippen molar-refractivity contribution < 1.29 is 27.6 Å². The number of carbonyl (C=O) groups excluding carboxylic acids is 3. The van der Waals surface area contributed by atoms with Crippen LogP contribution in [0.15, 0.2) is 79.0 Å². The van der Waals surface area contributed by atoms with Crippen molar-refractivity contribution in [2.24, 2.45) is 5.73 Å². The molecule has 0 spiro atoms. The molecule has 3 amide bonds. The van der Waals surface area contributed by atoms with Gasteiger partial charge in [0.2, 0.25) is 11.8 Å². The zero-order chi connectivity index (χ0) is 28.4. The van der Waals surface area contributed by atoms with Crippen molar-refractivity contribution in [2.45, 2.75) is 24.8 Å². The number of primary amides is 1. The number of fused-ring (bicyclic) bond motifs is 1. The molecule has 0 bridgehead atoms. The normalized spacial score (nSPS) is 14.8. The third-order valence-corrected chi connectivity index (χ3v) is 6.71. The summed E-state index contributed by atoms with van der Waals surface area (Å²) >= 11 is 0. The Morgan fingerprint density at radius 3 is 2.48 bits per heavy atom. The van der Waals surface area contributed by atoms with E-state index >= 15 is 0 Å². The van der Waals surface area contributed by atoms with Crippen molar-refractivity contribution in [1.29, 1.82) is 0 Å². The highest BCUT2D eigenvalue weighted by Gasteiger charge is 2.33. The highest BCUT2D eigenvalue weighted by atomic mass is 19.1. The lowest BCUT2D eigenvalue weighted by Gasteiger charge is -2.22. The van der Waals surface area contributed by atoms with Crippen LogP contribution in [0.4, 0.5) is 18.9 Å². The van der Waals surface area contributed by atoms with Crippen molar-refractivity contribution in [3.63, 3.8) is 0 Å². The predicted molar refractivity (Wildman–Crippen MR) is 142 cm³/mol. The van der Waals surface area contributed by atoms with Gasteiger partial charge in [0, 0.05) is 29.9 Å². The molecule has 2 atom stereocenters. The molecule has 4 aromatic rings. The number of carbonyl (C=O) groups is 3. The molecule has 5 rings (SSSR count). The number of benzene rings is 3. The molecular formula is C30H23F3N4O3. The molecule has 2 heterocycles. The molecule has 2 unspecified atom stereocenters. The summed E-state index contributed by atoms with van der Waals surface area (Å²) in [6, 6.07) is 16.3. The van der Waals surface area contributed by atoms with Gasteiger partial charge in [-0.3, -0.25) is 19.4 Å². The van der Waals surface area contributed by atoms with Crippen LogP contribution in [0.1, 0.15) is 45.6 Å². The average Bonchev–Trinajstić information content (AvgIpc) is 3.22. The lowest BCUT2D eigenvalue weighted by molar-refractivity contribution is -0.125. The average molecular weight is 545 g/mol. The van der Waals surface area contributed by atoms with Gasteiger partial charge < -0.3 is 16.4 Å². The first-order chi connectivity index (χ1) is 19.2. The molecule has 0 radical (unpaired) electrons. The highest BCUT2D eigenvalue weighted by Crippen LogP contribution is 2.35. The number of nitrogens with one attached hydrogen (secondary N) is 2. The Hall–Kier alpha value is -4.99. The van der Waals surface area contributed by atoms with Gasteiger partial charge in [-0.2, -0.15) is 0 Å². The summed E-state index contributed by atoms with van der Waals surface area (Å²) in [6.45, 7) is 0. The van der Waals surface area contributed by atoms with Crippen molar-refractivity contribution in [3.05, 3.63) is 119 Å². The molecule has 1 aromatic heterocycles. The maximum atomic E-state index is 14.2. The Morgan fingerprint density at radius 2 is 1.73 bits per heavy atom. The molecule has 0 fully saturated rings. The van der Waals surface area contributed by atoms with Gasteiger partial charge in [0.1, 0.15) is 17.5 Å². The van der Waals surface area contributed by atoms with Crippen LogP contribution in [0.3, 0.4) is 0 Å². The van der Waals surface area contributed by atoms with Crippen molar-refractivity contribution in [2.75, 3.05) is 5.32 Å². The summed E-state index contributed by atoms with van der Waals surface area (Å²) in [5, 5.41) is 5.62. The summed E-state index contributed by atoms with van der Waals surface area (Å²) in [5.74, 6) is -4.86. The minimum Gasteiger partial charge on any atom is -0.366 e. The fraction of sp³-hybridized carbons (Fsp3) is 0.133. The van der Waals surface area contributed by atoms with E-state index < -0.39 is 41.2 Å². The van der Waals surface area contributed by atoms with Crippen LogP contribution >= 0.6 is 0 Å². The largest absolute Gasteiger partial charge is 0.366 e. The maximum Gasteiger partial charge on any atom is 0.251 e. The molecule has 202 valence electrons. The molecule has 1 aliphatic heterocycles. The van der Waals surface area contributed by atoms with Gasteiger partial charge >= 0.3 is 0 Å². The second-order valence-corrected chi connectivity index (χ2v) is 9.43. The van der Waals surface area contributed by atoms with Crippen LogP contribution in [0.25, 0.3) is 11.1 Å². The number of anilines is 1. The van der Waals surface area contributed by atoms with Crippen molar-refractivity contribution >= 4 is 23.4 Å². The number of para-hydroxylation sites is 1. The summed E-state index contributed by atoms with van der Waals surface area (Å²) in [4.78, 5) is 42.1. The Bertz CT molecular complexity index is 1620. The van der Waals surface area contributed by atoms with E-state index in [1.165, 1.54) is 18.3 Å². The van der Waals surface area contributed by atoms with Gasteiger partial charge in [0.25, 0.3) is 5.91 Å².